The smallest absolute Gasteiger partial charge is 0.145 e. The first kappa shape index (κ1) is 10.9. The number of nitrogens with zero attached hydrogens (tertiary/aromatic N) is 1. The predicted molar refractivity (Wildman–Crippen MR) is 61.4 cm³/mol. The summed E-state index contributed by atoms with van der Waals surface area (Å²) in [6.45, 7) is 5.25. The third-order valence-electron chi connectivity index (χ3n) is 2.32. The molecule has 0 unspecified atom stereocenters. The zero-order valence-corrected chi connectivity index (χ0v) is 9.46. The molecule has 0 aliphatic carbocycles. The molecule has 0 fully saturated rings. The van der Waals surface area contributed by atoms with Gasteiger partial charge in [-0.25, -0.2) is 4.39 Å². The lowest BCUT2D eigenvalue weighted by Crippen LogP contribution is -2.41. The molecule has 1 heterocycles. The second kappa shape index (κ2) is 4.12. The van der Waals surface area contributed by atoms with Crippen molar-refractivity contribution in [3.8, 4) is 5.75 Å². The van der Waals surface area contributed by atoms with Gasteiger partial charge in [0.05, 0.1) is 12.1 Å². The van der Waals surface area contributed by atoms with E-state index in [4.69, 9.17) is 4.74 Å². The lowest BCUT2D eigenvalue weighted by Gasteiger charge is -2.18. The van der Waals surface area contributed by atoms with Crippen molar-refractivity contribution in [2.24, 2.45) is 4.99 Å². The lowest BCUT2D eigenvalue weighted by atomic mass is 10.1. The maximum atomic E-state index is 12.9. The van der Waals surface area contributed by atoms with Crippen molar-refractivity contribution in [1.82, 2.24) is 5.32 Å². The summed E-state index contributed by atoms with van der Waals surface area (Å²) in [5.74, 6) is 1.04. The average molecular weight is 222 g/mol. The second-order valence-corrected chi connectivity index (χ2v) is 4.52. The first-order valence-electron chi connectivity index (χ1n) is 5.25. The van der Waals surface area contributed by atoms with Crippen LogP contribution in [0.25, 0.3) is 0 Å². The number of nitrogens with one attached hydrogen (secondary N) is 1. The highest BCUT2D eigenvalue weighted by Crippen LogP contribution is 2.13. The molecule has 86 valence electrons. The third kappa shape index (κ3) is 2.72. The van der Waals surface area contributed by atoms with Crippen LogP contribution in [0.1, 0.15) is 13.8 Å². The van der Waals surface area contributed by atoms with Gasteiger partial charge in [-0.2, -0.15) is 0 Å². The Kier molecular flexibility index (Phi) is 2.81. The van der Waals surface area contributed by atoms with Crippen LogP contribution in [-0.2, 0) is 0 Å². The van der Waals surface area contributed by atoms with Crippen LogP contribution in [0, 0.1) is 5.82 Å². The van der Waals surface area contributed by atoms with Crippen LogP contribution >= 0.6 is 0 Å². The molecule has 3 nitrogen and oxygen atoms in total. The van der Waals surface area contributed by atoms with Crippen LogP contribution in [0.3, 0.4) is 0 Å². The van der Waals surface area contributed by atoms with Gasteiger partial charge in [0.25, 0.3) is 0 Å². The molecule has 0 atom stereocenters. The number of benzene rings is 1. The highest BCUT2D eigenvalue weighted by atomic mass is 19.1. The Bertz CT molecular complexity index is 415. The zero-order chi connectivity index (χ0) is 11.6. The topological polar surface area (TPSA) is 33.6 Å². The van der Waals surface area contributed by atoms with E-state index in [0.717, 1.165) is 12.4 Å². The lowest BCUT2D eigenvalue weighted by molar-refractivity contribution is 0.367. The number of halogens is 1. The molecule has 4 heteroatoms. The van der Waals surface area contributed by atoms with Crippen LogP contribution in [0.4, 0.5) is 4.39 Å². The SMILES string of the molecule is CC1(C)CN=C(COc2cccc(F)c2)N1. The van der Waals surface area contributed by atoms with E-state index < -0.39 is 0 Å². The molecule has 16 heavy (non-hydrogen) atoms. The number of rotatable bonds is 3. The van der Waals surface area contributed by atoms with Crippen LogP contribution < -0.4 is 10.1 Å². The number of hydrogen-bond acceptors (Lipinski definition) is 3. The van der Waals surface area contributed by atoms with Crippen LogP contribution in [-0.4, -0.2) is 24.5 Å². The maximum absolute atomic E-state index is 12.9. The van der Waals surface area contributed by atoms with Gasteiger partial charge >= 0.3 is 0 Å². The number of aliphatic imine (C=N–C) groups is 1. The molecule has 2 rings (SSSR count). The average Bonchev–Trinajstić information content (AvgIpc) is 2.56. The molecule has 0 saturated heterocycles. The Morgan fingerprint density at radius 1 is 1.50 bits per heavy atom. The van der Waals surface area contributed by atoms with Crippen molar-refractivity contribution in [2.75, 3.05) is 13.2 Å². The van der Waals surface area contributed by atoms with Gasteiger partial charge in [-0.15, -0.1) is 0 Å². The van der Waals surface area contributed by atoms with Crippen LogP contribution in [0.15, 0.2) is 29.3 Å². The Morgan fingerprint density at radius 2 is 2.31 bits per heavy atom. The Balaban J connectivity index is 1.89. The van der Waals surface area contributed by atoms with Crippen LogP contribution in [0.2, 0.25) is 0 Å². The number of ether oxygens (including phenoxy) is 1. The van der Waals surface area contributed by atoms with Crippen molar-refractivity contribution in [2.45, 2.75) is 19.4 Å². The molecule has 0 amide bonds. The molecular weight excluding hydrogens is 207 g/mol. The van der Waals surface area contributed by atoms with Gasteiger partial charge < -0.3 is 10.1 Å². The summed E-state index contributed by atoms with van der Waals surface area (Å²) < 4.78 is 18.3. The van der Waals surface area contributed by atoms with Gasteiger partial charge in [-0.05, 0) is 26.0 Å². The number of amidine groups is 1. The maximum Gasteiger partial charge on any atom is 0.145 e. The van der Waals surface area contributed by atoms with E-state index in [1.165, 1.54) is 12.1 Å². The zero-order valence-electron chi connectivity index (χ0n) is 9.46. The monoisotopic (exact) mass is 222 g/mol. The minimum atomic E-state index is -0.292. The Hall–Kier alpha value is -1.58. The van der Waals surface area contributed by atoms with Gasteiger partial charge in [0, 0.05) is 6.07 Å². The van der Waals surface area contributed by atoms with Gasteiger partial charge in [0.15, 0.2) is 0 Å². The quantitative estimate of drug-likeness (QED) is 0.848. The third-order valence-corrected chi connectivity index (χ3v) is 2.32. The Labute approximate surface area is 94.3 Å². The molecule has 0 radical (unpaired) electrons. The molecule has 0 saturated carbocycles. The van der Waals surface area contributed by atoms with Gasteiger partial charge in [-0.1, -0.05) is 6.07 Å². The fourth-order valence-electron chi connectivity index (χ4n) is 1.55. The normalized spacial score (nSPS) is 17.8. The highest BCUT2D eigenvalue weighted by molar-refractivity contribution is 5.86. The minimum Gasteiger partial charge on any atom is -0.486 e. The van der Waals surface area contributed by atoms with E-state index in [9.17, 15) is 4.39 Å². The molecule has 0 bridgehead atoms. The van der Waals surface area contributed by atoms with Gasteiger partial charge in [-0.3, -0.25) is 4.99 Å². The predicted octanol–water partition coefficient (Wildman–Crippen LogP) is 1.98. The molecule has 0 aromatic heterocycles. The van der Waals surface area contributed by atoms with Gasteiger partial charge in [0.1, 0.15) is 24.0 Å². The Morgan fingerprint density at radius 3 is 2.94 bits per heavy atom. The van der Waals surface area contributed by atoms with Crippen molar-refractivity contribution in [3.63, 3.8) is 0 Å². The molecule has 1 N–H and O–H groups in total. The summed E-state index contributed by atoms with van der Waals surface area (Å²) in [7, 11) is 0. The second-order valence-electron chi connectivity index (χ2n) is 4.52. The van der Waals surface area contributed by atoms with Crippen molar-refractivity contribution in [1.29, 1.82) is 0 Å². The molecule has 1 aromatic carbocycles. The summed E-state index contributed by atoms with van der Waals surface area (Å²) in [6.07, 6.45) is 0. The van der Waals surface area contributed by atoms with Gasteiger partial charge in [0.2, 0.25) is 0 Å². The first-order valence-corrected chi connectivity index (χ1v) is 5.25. The molecule has 1 aromatic rings. The minimum absolute atomic E-state index is 0.000626. The summed E-state index contributed by atoms with van der Waals surface area (Å²) >= 11 is 0. The van der Waals surface area contributed by atoms with E-state index in [1.54, 1.807) is 12.1 Å². The largest absolute Gasteiger partial charge is 0.486 e. The standard InChI is InChI=1S/C12H15FN2O/c1-12(2)8-14-11(15-12)7-16-10-5-3-4-9(13)6-10/h3-6H,7-8H2,1-2H3,(H,14,15). The van der Waals surface area contributed by atoms with Crippen LogP contribution in [0.5, 0.6) is 5.75 Å². The fraction of sp³-hybridized carbons (Fsp3) is 0.417. The van der Waals surface area contributed by atoms with E-state index >= 15 is 0 Å². The summed E-state index contributed by atoms with van der Waals surface area (Å²) in [6, 6.07) is 6.10. The van der Waals surface area contributed by atoms with Crippen molar-refractivity contribution >= 4 is 5.84 Å². The molecule has 1 aliphatic rings. The summed E-state index contributed by atoms with van der Waals surface area (Å²) in [5, 5.41) is 3.25. The number of hydrogen-bond donors (Lipinski definition) is 1. The summed E-state index contributed by atoms with van der Waals surface area (Å²) in [5.41, 5.74) is 0.000626. The highest BCUT2D eigenvalue weighted by Gasteiger charge is 2.24. The van der Waals surface area contributed by atoms with E-state index in [-0.39, 0.29) is 11.4 Å². The van der Waals surface area contributed by atoms with E-state index in [2.05, 4.69) is 24.2 Å². The molecular formula is C12H15FN2O. The fourth-order valence-corrected chi connectivity index (χ4v) is 1.55. The van der Waals surface area contributed by atoms with Crippen molar-refractivity contribution < 1.29 is 9.13 Å². The first-order chi connectivity index (χ1) is 7.55. The van der Waals surface area contributed by atoms with E-state index in [1.807, 2.05) is 0 Å². The van der Waals surface area contributed by atoms with Crippen molar-refractivity contribution in [3.05, 3.63) is 30.1 Å². The van der Waals surface area contributed by atoms with E-state index in [0.29, 0.717) is 12.4 Å². The molecule has 0 spiro atoms. The summed E-state index contributed by atoms with van der Waals surface area (Å²) in [4.78, 5) is 4.31. The molecule has 1 aliphatic heterocycles.